The van der Waals surface area contributed by atoms with Crippen molar-refractivity contribution in [1.29, 1.82) is 0 Å². The van der Waals surface area contributed by atoms with Crippen LogP contribution in [0, 0.1) is 29.1 Å². The van der Waals surface area contributed by atoms with Gasteiger partial charge in [0.25, 0.3) is 0 Å². The summed E-state index contributed by atoms with van der Waals surface area (Å²) in [6.45, 7) is 3.54. The molecule has 2 aromatic rings. The van der Waals surface area contributed by atoms with Gasteiger partial charge in [0.05, 0.1) is 0 Å². The molecule has 0 aliphatic rings. The van der Waals surface area contributed by atoms with E-state index in [-0.39, 0.29) is 7.28 Å². The first kappa shape index (κ1) is 14.3. The SMILES string of the molecule is C=Cc1ccc(Bc2c(F)c(F)c(F)c(F)c2F)cc1. The van der Waals surface area contributed by atoms with Crippen LogP contribution in [-0.2, 0) is 0 Å². The van der Waals surface area contributed by atoms with Gasteiger partial charge in [0.2, 0.25) is 0 Å². The summed E-state index contributed by atoms with van der Waals surface area (Å²) in [6, 6.07) is 6.34. The molecular weight excluding hydrogens is 274 g/mol. The van der Waals surface area contributed by atoms with Gasteiger partial charge in [-0.25, -0.2) is 22.0 Å². The molecule has 0 bridgehead atoms. The average molecular weight is 282 g/mol. The lowest BCUT2D eigenvalue weighted by molar-refractivity contribution is 0.384. The van der Waals surface area contributed by atoms with Crippen molar-refractivity contribution in [3.8, 4) is 0 Å². The Balaban J connectivity index is 2.45. The van der Waals surface area contributed by atoms with E-state index in [1.54, 1.807) is 18.2 Å². The molecule has 102 valence electrons. The molecule has 0 saturated heterocycles. The number of halogens is 5. The van der Waals surface area contributed by atoms with E-state index in [4.69, 9.17) is 0 Å². The Morgan fingerprint density at radius 1 is 0.750 bits per heavy atom. The van der Waals surface area contributed by atoms with E-state index in [2.05, 4.69) is 6.58 Å². The van der Waals surface area contributed by atoms with Crippen LogP contribution in [0.5, 0.6) is 0 Å². The van der Waals surface area contributed by atoms with E-state index in [0.29, 0.717) is 5.46 Å². The maximum absolute atomic E-state index is 13.5. The first-order chi connectivity index (χ1) is 9.45. The van der Waals surface area contributed by atoms with Crippen LogP contribution in [0.1, 0.15) is 5.56 Å². The van der Waals surface area contributed by atoms with Crippen LogP contribution < -0.4 is 10.9 Å². The number of rotatable bonds is 3. The van der Waals surface area contributed by atoms with Crippen LogP contribution in [0.3, 0.4) is 0 Å². The van der Waals surface area contributed by atoms with Gasteiger partial charge in [-0.15, -0.1) is 0 Å². The zero-order valence-electron chi connectivity index (χ0n) is 10.2. The summed E-state index contributed by atoms with van der Waals surface area (Å²) in [5.41, 5.74) is 0.373. The summed E-state index contributed by atoms with van der Waals surface area (Å²) in [6.07, 6.45) is 1.57. The summed E-state index contributed by atoms with van der Waals surface area (Å²) in [5, 5.41) is 0. The summed E-state index contributed by atoms with van der Waals surface area (Å²) in [7, 11) is -0.386. The fourth-order valence-corrected chi connectivity index (χ4v) is 1.78. The van der Waals surface area contributed by atoms with Crippen LogP contribution in [-0.4, -0.2) is 7.28 Å². The van der Waals surface area contributed by atoms with Crippen molar-refractivity contribution < 1.29 is 22.0 Å². The maximum atomic E-state index is 13.5. The molecule has 0 atom stereocenters. The monoisotopic (exact) mass is 282 g/mol. The summed E-state index contributed by atoms with van der Waals surface area (Å²) < 4.78 is 66.0. The van der Waals surface area contributed by atoms with Crippen LogP contribution in [0.2, 0.25) is 0 Å². The zero-order chi connectivity index (χ0) is 14.9. The predicted molar refractivity (Wildman–Crippen MR) is 69.2 cm³/mol. The molecule has 0 nitrogen and oxygen atoms in total. The average Bonchev–Trinajstić information content (AvgIpc) is 2.48. The van der Waals surface area contributed by atoms with Crippen LogP contribution in [0.25, 0.3) is 6.08 Å². The third kappa shape index (κ3) is 2.46. The van der Waals surface area contributed by atoms with Crippen LogP contribution in [0.15, 0.2) is 30.8 Å². The van der Waals surface area contributed by atoms with E-state index in [1.807, 2.05) is 0 Å². The molecule has 2 aromatic carbocycles. The van der Waals surface area contributed by atoms with Crippen molar-refractivity contribution in [1.82, 2.24) is 0 Å². The van der Waals surface area contributed by atoms with Gasteiger partial charge >= 0.3 is 0 Å². The molecule has 0 aliphatic heterocycles. The summed E-state index contributed by atoms with van der Waals surface area (Å²) >= 11 is 0. The minimum Gasteiger partial charge on any atom is -0.204 e. The topological polar surface area (TPSA) is 0 Å². The lowest BCUT2D eigenvalue weighted by Gasteiger charge is -2.07. The smallest absolute Gasteiger partial charge is 0.200 e. The van der Waals surface area contributed by atoms with Crippen molar-refractivity contribution in [2.45, 2.75) is 0 Å². The van der Waals surface area contributed by atoms with Gasteiger partial charge in [-0.2, -0.15) is 0 Å². The quantitative estimate of drug-likeness (QED) is 0.351. The summed E-state index contributed by atoms with van der Waals surface area (Å²) in [4.78, 5) is 0. The van der Waals surface area contributed by atoms with Crippen molar-refractivity contribution in [2.75, 3.05) is 0 Å². The van der Waals surface area contributed by atoms with Crippen molar-refractivity contribution in [3.63, 3.8) is 0 Å². The Kier molecular flexibility index (Phi) is 3.92. The van der Waals surface area contributed by atoms with Gasteiger partial charge in [-0.3, -0.25) is 0 Å². The first-order valence-electron chi connectivity index (χ1n) is 5.67. The minimum absolute atomic E-state index is 0.386. The highest BCUT2D eigenvalue weighted by Gasteiger charge is 2.25. The predicted octanol–water partition coefficient (Wildman–Crippen LogP) is 2.41. The van der Waals surface area contributed by atoms with E-state index in [9.17, 15) is 22.0 Å². The minimum atomic E-state index is -2.15. The van der Waals surface area contributed by atoms with Crippen LogP contribution in [0.4, 0.5) is 22.0 Å². The molecule has 2 rings (SSSR count). The Labute approximate surface area is 112 Å². The fraction of sp³-hybridized carbons (Fsp3) is 0. The lowest BCUT2D eigenvalue weighted by atomic mass is 9.63. The number of hydrogen-bond acceptors (Lipinski definition) is 0. The fourth-order valence-electron chi connectivity index (χ4n) is 1.78. The van der Waals surface area contributed by atoms with Crippen molar-refractivity contribution in [2.24, 2.45) is 0 Å². The second-order valence-electron chi connectivity index (χ2n) is 4.17. The van der Waals surface area contributed by atoms with Crippen molar-refractivity contribution >= 4 is 24.3 Å². The molecule has 0 aromatic heterocycles. The third-order valence-electron chi connectivity index (χ3n) is 2.90. The van der Waals surface area contributed by atoms with Gasteiger partial charge in [0.15, 0.2) is 36.4 Å². The molecule has 0 amide bonds. The molecular formula is C14H8BF5. The summed E-state index contributed by atoms with van der Waals surface area (Å²) in [5.74, 6) is -9.60. The van der Waals surface area contributed by atoms with E-state index >= 15 is 0 Å². The van der Waals surface area contributed by atoms with Gasteiger partial charge in [0.1, 0.15) is 0 Å². The highest BCUT2D eigenvalue weighted by molar-refractivity contribution is 6.67. The van der Waals surface area contributed by atoms with Gasteiger partial charge in [-0.05, 0) is 11.0 Å². The normalized spacial score (nSPS) is 10.4. The van der Waals surface area contributed by atoms with Gasteiger partial charge in [-0.1, -0.05) is 42.4 Å². The Bertz CT molecular complexity index is 635. The molecule has 0 spiro atoms. The standard InChI is InChI=1S/C14H8BF5/c1-2-7-3-5-8(6-4-7)15-9-10(16)12(18)14(20)13(19)11(9)17/h2-6,15H,1H2. The van der Waals surface area contributed by atoms with E-state index in [1.165, 1.54) is 12.1 Å². The van der Waals surface area contributed by atoms with E-state index < -0.39 is 34.5 Å². The van der Waals surface area contributed by atoms with Gasteiger partial charge < -0.3 is 0 Å². The highest BCUT2D eigenvalue weighted by atomic mass is 19.2. The largest absolute Gasteiger partial charge is 0.204 e. The molecule has 20 heavy (non-hydrogen) atoms. The Hall–Kier alpha value is -2.11. The Morgan fingerprint density at radius 3 is 1.65 bits per heavy atom. The van der Waals surface area contributed by atoms with Crippen LogP contribution >= 0.6 is 0 Å². The second kappa shape index (κ2) is 5.49. The molecule has 0 heterocycles. The van der Waals surface area contributed by atoms with E-state index in [0.717, 1.165) is 5.56 Å². The molecule has 0 fully saturated rings. The third-order valence-corrected chi connectivity index (χ3v) is 2.90. The van der Waals surface area contributed by atoms with Crippen molar-refractivity contribution in [3.05, 3.63) is 65.5 Å². The molecule has 0 N–H and O–H groups in total. The number of hydrogen-bond donors (Lipinski definition) is 0. The lowest BCUT2D eigenvalue weighted by Crippen LogP contribution is -2.34. The number of benzene rings is 2. The first-order valence-corrected chi connectivity index (χ1v) is 5.67. The molecule has 0 unspecified atom stereocenters. The highest BCUT2D eigenvalue weighted by Crippen LogP contribution is 2.15. The molecule has 6 heteroatoms. The maximum Gasteiger partial charge on any atom is 0.200 e. The van der Waals surface area contributed by atoms with Gasteiger partial charge in [0, 0.05) is 0 Å². The molecule has 0 aliphatic carbocycles. The Morgan fingerprint density at radius 2 is 1.20 bits per heavy atom. The molecule has 0 radical (unpaired) electrons. The molecule has 0 saturated carbocycles. The zero-order valence-corrected chi connectivity index (χ0v) is 10.2. The second-order valence-corrected chi connectivity index (χ2v) is 4.17.